The summed E-state index contributed by atoms with van der Waals surface area (Å²) in [5.41, 5.74) is 3.24. The predicted molar refractivity (Wildman–Crippen MR) is 101 cm³/mol. The lowest BCUT2D eigenvalue weighted by atomic mass is 9.97. The van der Waals surface area contributed by atoms with Crippen molar-refractivity contribution in [2.75, 3.05) is 0 Å². The van der Waals surface area contributed by atoms with E-state index >= 15 is 0 Å². The number of aromatic nitrogens is 1. The van der Waals surface area contributed by atoms with Crippen molar-refractivity contribution in [1.82, 2.24) is 4.98 Å². The van der Waals surface area contributed by atoms with Crippen LogP contribution in [0.5, 0.6) is 5.75 Å². The summed E-state index contributed by atoms with van der Waals surface area (Å²) in [5.74, 6) is 1.50. The average molecular weight is 327 g/mol. The van der Waals surface area contributed by atoms with Crippen LogP contribution in [-0.2, 0) is 0 Å². The molecular formula is C22H17NO2. The van der Waals surface area contributed by atoms with E-state index < -0.39 is 0 Å². The Bertz CT molecular complexity index is 1140. The third kappa shape index (κ3) is 2.16. The van der Waals surface area contributed by atoms with Crippen molar-refractivity contribution < 1.29 is 9.15 Å². The Morgan fingerprint density at radius 3 is 2.40 bits per heavy atom. The van der Waals surface area contributed by atoms with Gasteiger partial charge in [0.25, 0.3) is 0 Å². The smallest absolute Gasteiger partial charge is 0.227 e. The topological polar surface area (TPSA) is 35.3 Å². The quantitative estimate of drug-likeness (QED) is 0.441. The number of oxazole rings is 1. The van der Waals surface area contributed by atoms with E-state index in [1.807, 2.05) is 42.5 Å². The number of hydrogen-bond acceptors (Lipinski definition) is 3. The molecule has 0 atom stereocenters. The summed E-state index contributed by atoms with van der Waals surface area (Å²) in [7, 11) is 0. The summed E-state index contributed by atoms with van der Waals surface area (Å²) < 4.78 is 12.5. The van der Waals surface area contributed by atoms with Gasteiger partial charge in [0.2, 0.25) is 5.89 Å². The second kappa shape index (κ2) is 4.96. The van der Waals surface area contributed by atoms with Gasteiger partial charge >= 0.3 is 0 Å². The van der Waals surface area contributed by atoms with Gasteiger partial charge in [-0.25, -0.2) is 4.98 Å². The van der Waals surface area contributed by atoms with E-state index in [0.29, 0.717) is 5.89 Å². The number of ether oxygens (including phenoxy) is 1. The maximum atomic E-state index is 6.28. The van der Waals surface area contributed by atoms with Gasteiger partial charge in [-0.05, 0) is 38.1 Å². The third-order valence-corrected chi connectivity index (χ3v) is 4.58. The summed E-state index contributed by atoms with van der Waals surface area (Å²) >= 11 is 0. The van der Waals surface area contributed by atoms with Gasteiger partial charge in [0, 0.05) is 16.3 Å². The zero-order valence-electron chi connectivity index (χ0n) is 14.1. The fourth-order valence-corrected chi connectivity index (χ4v) is 3.37. The van der Waals surface area contributed by atoms with Gasteiger partial charge in [0.05, 0.1) is 5.56 Å². The van der Waals surface area contributed by atoms with Crippen molar-refractivity contribution in [3.8, 4) is 17.2 Å². The first-order chi connectivity index (χ1) is 12.1. The number of fused-ring (bicyclic) bond motifs is 6. The Balaban J connectivity index is 1.89. The Morgan fingerprint density at radius 1 is 0.880 bits per heavy atom. The molecule has 25 heavy (non-hydrogen) atoms. The predicted octanol–water partition coefficient (Wildman–Crippen LogP) is 5.83. The van der Waals surface area contributed by atoms with Crippen molar-refractivity contribution in [2.45, 2.75) is 19.4 Å². The van der Waals surface area contributed by atoms with Crippen LogP contribution >= 0.6 is 0 Å². The molecule has 1 aliphatic heterocycles. The largest absolute Gasteiger partial charge is 0.482 e. The maximum Gasteiger partial charge on any atom is 0.227 e. The summed E-state index contributed by atoms with van der Waals surface area (Å²) in [6.07, 6.45) is 4.15. The fourth-order valence-electron chi connectivity index (χ4n) is 3.37. The molecule has 0 N–H and O–H groups in total. The Kier molecular flexibility index (Phi) is 2.84. The Labute approximate surface area is 145 Å². The molecule has 2 heterocycles. The highest BCUT2D eigenvalue weighted by Crippen LogP contribution is 2.44. The Hall–Kier alpha value is -3.07. The van der Waals surface area contributed by atoms with Crippen molar-refractivity contribution in [1.29, 1.82) is 0 Å². The molecule has 0 fully saturated rings. The van der Waals surface area contributed by atoms with Crippen molar-refractivity contribution in [3.63, 3.8) is 0 Å². The maximum absolute atomic E-state index is 6.28. The van der Waals surface area contributed by atoms with Crippen LogP contribution in [0, 0.1) is 0 Å². The number of benzene rings is 3. The number of nitrogens with zero attached hydrogens (tertiary/aromatic N) is 1. The highest BCUT2D eigenvalue weighted by Gasteiger charge is 2.27. The van der Waals surface area contributed by atoms with Crippen molar-refractivity contribution in [2.24, 2.45) is 0 Å². The highest BCUT2D eigenvalue weighted by molar-refractivity contribution is 6.11. The van der Waals surface area contributed by atoms with Crippen LogP contribution < -0.4 is 4.74 Å². The van der Waals surface area contributed by atoms with Crippen LogP contribution in [0.2, 0.25) is 0 Å². The molecule has 3 heteroatoms. The molecule has 1 aromatic heterocycles. The molecule has 0 aliphatic carbocycles. The second-order valence-electron chi connectivity index (χ2n) is 6.89. The molecule has 4 aromatic rings. The fraction of sp³-hybridized carbons (Fsp3) is 0.136. The molecule has 3 aromatic carbocycles. The van der Waals surface area contributed by atoms with Crippen LogP contribution in [0.3, 0.4) is 0 Å². The Morgan fingerprint density at radius 2 is 1.60 bits per heavy atom. The lowest BCUT2D eigenvalue weighted by Crippen LogP contribution is -2.27. The highest BCUT2D eigenvalue weighted by atomic mass is 16.5. The van der Waals surface area contributed by atoms with E-state index in [-0.39, 0.29) is 5.60 Å². The minimum atomic E-state index is -0.342. The normalized spacial score (nSPS) is 15.3. The molecule has 0 saturated carbocycles. The summed E-state index contributed by atoms with van der Waals surface area (Å²) in [6, 6.07) is 18.2. The third-order valence-electron chi connectivity index (χ3n) is 4.58. The second-order valence-corrected chi connectivity index (χ2v) is 6.89. The molecule has 122 valence electrons. The standard InChI is InChI=1S/C22H17NO2/c1-22(2)13-12-17-19(25-22)16-11-7-6-10-15(16)18-20(17)24-21(23-18)14-8-4-3-5-9-14/h3-13H,1-2H3. The first-order valence-corrected chi connectivity index (χ1v) is 8.41. The van der Waals surface area contributed by atoms with Gasteiger partial charge in [0.15, 0.2) is 5.58 Å². The van der Waals surface area contributed by atoms with E-state index in [1.165, 1.54) is 0 Å². The lowest BCUT2D eigenvalue weighted by Gasteiger charge is -2.28. The first-order valence-electron chi connectivity index (χ1n) is 8.41. The molecule has 3 nitrogen and oxygen atoms in total. The van der Waals surface area contributed by atoms with Crippen molar-refractivity contribution >= 4 is 27.9 Å². The zero-order chi connectivity index (χ0) is 17.0. The minimum absolute atomic E-state index is 0.342. The SMILES string of the molecule is CC1(C)C=Cc2c(c3ccccc3c3nc(-c4ccccc4)oc23)O1. The van der Waals surface area contributed by atoms with E-state index in [0.717, 1.165) is 38.7 Å². The molecule has 0 bridgehead atoms. The molecule has 0 unspecified atom stereocenters. The molecule has 0 saturated heterocycles. The molecule has 0 spiro atoms. The minimum Gasteiger partial charge on any atom is -0.482 e. The summed E-state index contributed by atoms with van der Waals surface area (Å²) in [6.45, 7) is 4.11. The number of hydrogen-bond donors (Lipinski definition) is 0. The zero-order valence-corrected chi connectivity index (χ0v) is 14.1. The van der Waals surface area contributed by atoms with Gasteiger partial charge in [-0.3, -0.25) is 0 Å². The lowest BCUT2D eigenvalue weighted by molar-refractivity contribution is 0.161. The molecular weight excluding hydrogens is 310 g/mol. The summed E-state index contributed by atoms with van der Waals surface area (Å²) in [5, 5.41) is 2.11. The van der Waals surface area contributed by atoms with Crippen LogP contribution in [0.15, 0.2) is 65.1 Å². The average Bonchev–Trinajstić information content (AvgIpc) is 3.07. The van der Waals surface area contributed by atoms with Gasteiger partial charge in [-0.15, -0.1) is 0 Å². The van der Waals surface area contributed by atoms with E-state index in [9.17, 15) is 0 Å². The monoisotopic (exact) mass is 327 g/mol. The van der Waals surface area contributed by atoms with E-state index in [1.54, 1.807) is 0 Å². The van der Waals surface area contributed by atoms with Crippen molar-refractivity contribution in [3.05, 3.63) is 66.2 Å². The van der Waals surface area contributed by atoms with Crippen LogP contribution in [0.4, 0.5) is 0 Å². The van der Waals surface area contributed by atoms with Gasteiger partial charge in [0.1, 0.15) is 16.9 Å². The van der Waals surface area contributed by atoms with Gasteiger partial charge in [-0.2, -0.15) is 0 Å². The van der Waals surface area contributed by atoms with Gasteiger partial charge in [-0.1, -0.05) is 42.5 Å². The van der Waals surface area contributed by atoms with Crippen LogP contribution in [0.1, 0.15) is 19.4 Å². The van der Waals surface area contributed by atoms with Gasteiger partial charge < -0.3 is 9.15 Å². The first kappa shape index (κ1) is 14.3. The molecule has 0 radical (unpaired) electrons. The van der Waals surface area contributed by atoms with E-state index in [4.69, 9.17) is 14.1 Å². The summed E-state index contributed by atoms with van der Waals surface area (Å²) in [4.78, 5) is 4.80. The van der Waals surface area contributed by atoms with Crippen LogP contribution in [0.25, 0.3) is 39.4 Å². The van der Waals surface area contributed by atoms with E-state index in [2.05, 4.69) is 38.1 Å². The molecule has 5 rings (SSSR count). The van der Waals surface area contributed by atoms with Crippen LogP contribution in [-0.4, -0.2) is 10.6 Å². The number of rotatable bonds is 1. The molecule has 1 aliphatic rings. The molecule has 0 amide bonds.